The van der Waals surface area contributed by atoms with Gasteiger partial charge in [-0.1, -0.05) is 0 Å². The molecule has 0 radical (unpaired) electrons. The number of carbonyl (C=O) groups is 1. The molecule has 2 aliphatic heterocycles. The van der Waals surface area contributed by atoms with Gasteiger partial charge in [-0.3, -0.25) is 9.25 Å². The van der Waals surface area contributed by atoms with Gasteiger partial charge in [-0.15, -0.1) is 10.2 Å². The Kier molecular flexibility index (Phi) is 3.21. The summed E-state index contributed by atoms with van der Waals surface area (Å²) in [5.74, 6) is 1.70. The SMILES string of the molecule is CCn1c(-c2cnn(C)c2)nnc1N1CCN2C(=O)NCC2C1. The normalized spacial score (nSPS) is 20.8. The van der Waals surface area contributed by atoms with Gasteiger partial charge in [-0.25, -0.2) is 4.79 Å². The van der Waals surface area contributed by atoms with Crippen molar-refractivity contribution in [2.75, 3.05) is 31.1 Å². The number of carbonyl (C=O) groups excluding carboxylic acids is 1. The van der Waals surface area contributed by atoms with E-state index >= 15 is 0 Å². The Balaban J connectivity index is 1.62. The number of fused-ring (bicyclic) bond motifs is 1. The fourth-order valence-electron chi connectivity index (χ4n) is 3.36. The van der Waals surface area contributed by atoms with Gasteiger partial charge in [0.2, 0.25) is 5.95 Å². The molecular weight excluding hydrogens is 296 g/mol. The minimum absolute atomic E-state index is 0.0441. The first-order valence-corrected chi connectivity index (χ1v) is 7.89. The molecule has 2 saturated heterocycles. The first kappa shape index (κ1) is 14.0. The van der Waals surface area contributed by atoms with Crippen molar-refractivity contribution in [3.05, 3.63) is 12.4 Å². The quantitative estimate of drug-likeness (QED) is 0.856. The highest BCUT2D eigenvalue weighted by Crippen LogP contribution is 2.25. The van der Waals surface area contributed by atoms with E-state index in [9.17, 15) is 4.79 Å². The summed E-state index contributed by atoms with van der Waals surface area (Å²) in [5, 5.41) is 15.9. The first-order chi connectivity index (χ1) is 11.2. The maximum atomic E-state index is 11.7. The number of rotatable bonds is 3. The number of nitrogens with zero attached hydrogens (tertiary/aromatic N) is 7. The van der Waals surface area contributed by atoms with Crippen LogP contribution in [-0.4, -0.2) is 67.7 Å². The van der Waals surface area contributed by atoms with Crippen molar-refractivity contribution in [3.8, 4) is 11.4 Å². The van der Waals surface area contributed by atoms with Crippen LogP contribution in [0.3, 0.4) is 0 Å². The fourth-order valence-corrected chi connectivity index (χ4v) is 3.36. The lowest BCUT2D eigenvalue weighted by molar-refractivity contribution is 0.197. The Hall–Kier alpha value is -2.58. The van der Waals surface area contributed by atoms with Crippen molar-refractivity contribution < 1.29 is 4.79 Å². The molecule has 4 heterocycles. The van der Waals surface area contributed by atoms with E-state index < -0.39 is 0 Å². The lowest BCUT2D eigenvalue weighted by Crippen LogP contribution is -2.52. The van der Waals surface area contributed by atoms with Crippen molar-refractivity contribution >= 4 is 12.0 Å². The highest BCUT2D eigenvalue weighted by atomic mass is 16.2. The van der Waals surface area contributed by atoms with Crippen LogP contribution in [0.5, 0.6) is 0 Å². The number of anilines is 1. The number of nitrogens with one attached hydrogen (secondary N) is 1. The Labute approximate surface area is 133 Å². The van der Waals surface area contributed by atoms with Crippen LogP contribution >= 0.6 is 0 Å². The Morgan fingerprint density at radius 1 is 1.35 bits per heavy atom. The summed E-state index contributed by atoms with van der Waals surface area (Å²) in [6.07, 6.45) is 3.74. The van der Waals surface area contributed by atoms with Crippen LogP contribution in [-0.2, 0) is 13.6 Å². The van der Waals surface area contributed by atoms with Crippen molar-refractivity contribution in [3.63, 3.8) is 0 Å². The molecule has 2 amide bonds. The van der Waals surface area contributed by atoms with Gasteiger partial charge in [-0.05, 0) is 6.92 Å². The zero-order valence-corrected chi connectivity index (χ0v) is 13.3. The van der Waals surface area contributed by atoms with Crippen LogP contribution in [0.4, 0.5) is 10.7 Å². The van der Waals surface area contributed by atoms with E-state index in [-0.39, 0.29) is 12.1 Å². The van der Waals surface area contributed by atoms with Crippen LogP contribution in [0.25, 0.3) is 11.4 Å². The molecule has 0 aliphatic carbocycles. The predicted molar refractivity (Wildman–Crippen MR) is 84.0 cm³/mol. The van der Waals surface area contributed by atoms with Gasteiger partial charge < -0.3 is 15.1 Å². The summed E-state index contributed by atoms with van der Waals surface area (Å²) in [6.45, 7) is 5.84. The average molecular weight is 316 g/mol. The van der Waals surface area contributed by atoms with Crippen LogP contribution in [0.1, 0.15) is 6.92 Å². The lowest BCUT2D eigenvalue weighted by Gasteiger charge is -2.36. The van der Waals surface area contributed by atoms with Crippen LogP contribution in [0.2, 0.25) is 0 Å². The third-order valence-corrected chi connectivity index (χ3v) is 4.53. The third-order valence-electron chi connectivity index (χ3n) is 4.53. The van der Waals surface area contributed by atoms with Gasteiger partial charge >= 0.3 is 6.03 Å². The zero-order chi connectivity index (χ0) is 16.0. The van der Waals surface area contributed by atoms with Crippen molar-refractivity contribution in [1.82, 2.24) is 34.8 Å². The van der Waals surface area contributed by atoms with E-state index in [1.54, 1.807) is 10.9 Å². The maximum absolute atomic E-state index is 11.7. The smallest absolute Gasteiger partial charge is 0.317 e. The summed E-state index contributed by atoms with van der Waals surface area (Å²) < 4.78 is 3.87. The molecule has 9 nitrogen and oxygen atoms in total. The highest BCUT2D eigenvalue weighted by molar-refractivity contribution is 5.77. The molecule has 9 heteroatoms. The Morgan fingerprint density at radius 3 is 2.96 bits per heavy atom. The van der Waals surface area contributed by atoms with Gasteiger partial charge in [-0.2, -0.15) is 5.10 Å². The van der Waals surface area contributed by atoms with Crippen molar-refractivity contribution in [2.24, 2.45) is 7.05 Å². The number of aryl methyl sites for hydroxylation is 1. The molecule has 0 saturated carbocycles. The van der Waals surface area contributed by atoms with E-state index in [4.69, 9.17) is 0 Å². The second kappa shape index (κ2) is 5.25. The maximum Gasteiger partial charge on any atom is 0.317 e. The van der Waals surface area contributed by atoms with E-state index in [2.05, 4.69) is 37.0 Å². The van der Waals surface area contributed by atoms with Crippen LogP contribution in [0.15, 0.2) is 12.4 Å². The van der Waals surface area contributed by atoms with Gasteiger partial charge in [0.25, 0.3) is 0 Å². The van der Waals surface area contributed by atoms with E-state index in [0.717, 1.165) is 43.5 Å². The minimum Gasteiger partial charge on any atom is -0.337 e. The number of amides is 2. The molecule has 2 aliphatic rings. The molecule has 0 aromatic carbocycles. The molecule has 23 heavy (non-hydrogen) atoms. The van der Waals surface area contributed by atoms with E-state index in [0.29, 0.717) is 6.54 Å². The largest absolute Gasteiger partial charge is 0.337 e. The molecule has 0 bridgehead atoms. The number of urea groups is 1. The summed E-state index contributed by atoms with van der Waals surface area (Å²) in [7, 11) is 1.89. The summed E-state index contributed by atoms with van der Waals surface area (Å²) in [4.78, 5) is 15.8. The van der Waals surface area contributed by atoms with E-state index in [1.807, 2.05) is 18.1 Å². The third kappa shape index (κ3) is 2.23. The van der Waals surface area contributed by atoms with Gasteiger partial charge in [0, 0.05) is 46.0 Å². The molecule has 0 spiro atoms. The first-order valence-electron chi connectivity index (χ1n) is 7.89. The summed E-state index contributed by atoms with van der Waals surface area (Å²) in [5.41, 5.74) is 0.962. The molecule has 1 N–H and O–H groups in total. The van der Waals surface area contributed by atoms with Gasteiger partial charge in [0.1, 0.15) is 0 Å². The zero-order valence-electron chi connectivity index (χ0n) is 13.3. The average Bonchev–Trinajstić information content (AvgIpc) is 3.25. The molecule has 2 fully saturated rings. The molecule has 2 aromatic rings. The summed E-state index contributed by atoms with van der Waals surface area (Å²) >= 11 is 0. The number of hydrogen-bond acceptors (Lipinski definition) is 5. The van der Waals surface area contributed by atoms with Crippen LogP contribution < -0.4 is 10.2 Å². The predicted octanol–water partition coefficient (Wildman–Crippen LogP) is -0.0877. The number of aromatic nitrogens is 5. The molecule has 2 aromatic heterocycles. The monoisotopic (exact) mass is 316 g/mol. The number of hydrogen-bond donors (Lipinski definition) is 1. The van der Waals surface area contributed by atoms with Crippen LogP contribution in [0, 0.1) is 0 Å². The molecular formula is C14H20N8O. The second-order valence-corrected chi connectivity index (χ2v) is 5.95. The minimum atomic E-state index is 0.0441. The van der Waals surface area contributed by atoms with E-state index in [1.165, 1.54) is 0 Å². The van der Waals surface area contributed by atoms with Gasteiger partial charge in [0.15, 0.2) is 5.82 Å². The molecule has 4 rings (SSSR count). The molecule has 1 atom stereocenters. The lowest BCUT2D eigenvalue weighted by atomic mass is 10.2. The van der Waals surface area contributed by atoms with Gasteiger partial charge in [0.05, 0.1) is 17.8 Å². The fraction of sp³-hybridized carbons (Fsp3) is 0.571. The Morgan fingerprint density at radius 2 is 2.22 bits per heavy atom. The van der Waals surface area contributed by atoms with Crippen molar-refractivity contribution in [2.45, 2.75) is 19.5 Å². The Bertz CT molecular complexity index is 735. The second-order valence-electron chi connectivity index (χ2n) is 5.95. The van der Waals surface area contributed by atoms with Crippen molar-refractivity contribution in [1.29, 1.82) is 0 Å². The standard InChI is InChI=1S/C14H20N8O/c1-3-21-12(10-6-16-19(2)8-10)17-18-13(21)20-4-5-22-11(9-20)7-15-14(22)23/h6,8,11H,3-5,7,9H2,1-2H3,(H,15,23). The molecule has 1 unspecified atom stereocenters. The number of piperazine rings is 1. The topological polar surface area (TPSA) is 84.1 Å². The molecule has 122 valence electrons. The highest BCUT2D eigenvalue weighted by Gasteiger charge is 2.36. The summed E-state index contributed by atoms with van der Waals surface area (Å²) in [6, 6.07) is 0.253.